The summed E-state index contributed by atoms with van der Waals surface area (Å²) in [4.78, 5) is 16.4. The van der Waals surface area contributed by atoms with Crippen molar-refractivity contribution < 1.29 is 13.7 Å². The maximum atomic E-state index is 13.2. The Hall–Kier alpha value is -3.02. The molecule has 0 aliphatic carbocycles. The molecule has 0 saturated carbocycles. The van der Waals surface area contributed by atoms with Gasteiger partial charge in [-0.15, -0.1) is 0 Å². The second-order valence-corrected chi connectivity index (χ2v) is 5.65. The van der Waals surface area contributed by atoms with Crippen molar-refractivity contribution in [2.45, 2.75) is 19.8 Å². The summed E-state index contributed by atoms with van der Waals surface area (Å²) in [5.41, 5.74) is 1.62. The fraction of sp³-hybridized carbons (Fsp3) is 0.167. The number of benzene rings is 2. The number of hydrogen-bond donors (Lipinski definition) is 1. The van der Waals surface area contributed by atoms with E-state index in [9.17, 15) is 9.18 Å². The van der Waals surface area contributed by atoms with Crippen LogP contribution < -0.4 is 5.32 Å². The van der Waals surface area contributed by atoms with Crippen molar-refractivity contribution >= 4 is 11.6 Å². The number of nitrogens with zero attached hydrogens (tertiary/aromatic N) is 2. The van der Waals surface area contributed by atoms with E-state index in [2.05, 4.69) is 15.5 Å². The zero-order valence-corrected chi connectivity index (χ0v) is 13.3. The molecule has 1 aromatic heterocycles. The topological polar surface area (TPSA) is 68.0 Å². The van der Waals surface area contributed by atoms with E-state index in [0.29, 0.717) is 17.4 Å². The van der Waals surface area contributed by atoms with E-state index in [1.54, 1.807) is 30.3 Å². The average Bonchev–Trinajstić information content (AvgIpc) is 3.06. The zero-order valence-electron chi connectivity index (χ0n) is 13.3. The van der Waals surface area contributed by atoms with Crippen LogP contribution in [0.4, 0.5) is 10.1 Å². The first-order valence-electron chi connectivity index (χ1n) is 7.54. The smallest absolute Gasteiger partial charge is 0.257 e. The molecule has 0 radical (unpaired) electrons. The standard InChI is InChI=1S/C18H16FN3O2/c1-11(2)16-21-18(24-22-16)12-6-8-15(9-7-12)20-17(23)13-4-3-5-14(19)10-13/h3-11H,1-2H3,(H,20,23). The average molecular weight is 325 g/mol. The number of aromatic nitrogens is 2. The number of carbonyl (C=O) groups is 1. The molecule has 5 nitrogen and oxygen atoms in total. The first-order valence-corrected chi connectivity index (χ1v) is 7.54. The monoisotopic (exact) mass is 325 g/mol. The molecule has 0 atom stereocenters. The number of nitrogens with one attached hydrogen (secondary N) is 1. The van der Waals surface area contributed by atoms with Crippen molar-refractivity contribution in [3.8, 4) is 11.5 Å². The summed E-state index contributed by atoms with van der Waals surface area (Å²) in [6.07, 6.45) is 0. The quantitative estimate of drug-likeness (QED) is 0.778. The molecule has 0 saturated heterocycles. The number of hydrogen-bond acceptors (Lipinski definition) is 4. The number of rotatable bonds is 4. The normalized spacial score (nSPS) is 10.8. The molecule has 0 aliphatic heterocycles. The van der Waals surface area contributed by atoms with E-state index in [4.69, 9.17) is 4.52 Å². The van der Waals surface area contributed by atoms with Crippen LogP contribution in [-0.2, 0) is 0 Å². The molecule has 0 fully saturated rings. The van der Waals surface area contributed by atoms with Crippen LogP contribution in [0.25, 0.3) is 11.5 Å². The number of carbonyl (C=O) groups excluding carboxylic acids is 1. The van der Waals surface area contributed by atoms with Crippen LogP contribution >= 0.6 is 0 Å². The minimum Gasteiger partial charge on any atom is -0.334 e. The fourth-order valence-electron chi connectivity index (χ4n) is 2.12. The molecule has 0 aliphatic rings. The van der Waals surface area contributed by atoms with Crippen molar-refractivity contribution in [3.63, 3.8) is 0 Å². The van der Waals surface area contributed by atoms with Gasteiger partial charge in [0.2, 0.25) is 0 Å². The minimum atomic E-state index is -0.449. The van der Waals surface area contributed by atoms with Crippen LogP contribution in [0.1, 0.15) is 35.9 Å². The molecule has 1 heterocycles. The van der Waals surface area contributed by atoms with Gasteiger partial charge in [-0.2, -0.15) is 4.98 Å². The highest BCUT2D eigenvalue weighted by Crippen LogP contribution is 2.22. The molecule has 0 bridgehead atoms. The highest BCUT2D eigenvalue weighted by Gasteiger charge is 2.12. The van der Waals surface area contributed by atoms with Gasteiger partial charge in [-0.25, -0.2) is 4.39 Å². The maximum absolute atomic E-state index is 13.2. The molecule has 3 aromatic rings. The van der Waals surface area contributed by atoms with Crippen molar-refractivity contribution in [2.75, 3.05) is 5.32 Å². The maximum Gasteiger partial charge on any atom is 0.257 e. The Labute approximate surface area is 138 Å². The van der Waals surface area contributed by atoms with Gasteiger partial charge in [0.05, 0.1) is 0 Å². The van der Waals surface area contributed by atoms with Gasteiger partial charge in [0, 0.05) is 22.7 Å². The highest BCUT2D eigenvalue weighted by molar-refractivity contribution is 6.04. The molecule has 122 valence electrons. The van der Waals surface area contributed by atoms with Crippen molar-refractivity contribution in [1.29, 1.82) is 0 Å². The molecule has 6 heteroatoms. The van der Waals surface area contributed by atoms with Gasteiger partial charge in [-0.3, -0.25) is 4.79 Å². The van der Waals surface area contributed by atoms with Gasteiger partial charge in [-0.05, 0) is 42.5 Å². The van der Waals surface area contributed by atoms with Gasteiger partial charge in [0.25, 0.3) is 11.8 Å². The molecular formula is C18H16FN3O2. The lowest BCUT2D eigenvalue weighted by Gasteiger charge is -2.05. The number of halogens is 1. The third kappa shape index (κ3) is 3.48. The lowest BCUT2D eigenvalue weighted by Crippen LogP contribution is -2.11. The van der Waals surface area contributed by atoms with E-state index in [1.165, 1.54) is 18.2 Å². The summed E-state index contributed by atoms with van der Waals surface area (Å²) in [6.45, 7) is 3.97. The Bertz CT molecular complexity index is 857. The fourth-order valence-corrected chi connectivity index (χ4v) is 2.12. The minimum absolute atomic E-state index is 0.187. The second kappa shape index (κ2) is 6.62. The predicted molar refractivity (Wildman–Crippen MR) is 88.2 cm³/mol. The Morgan fingerprint density at radius 1 is 1.17 bits per heavy atom. The molecule has 2 aromatic carbocycles. The van der Waals surface area contributed by atoms with Gasteiger partial charge < -0.3 is 9.84 Å². The van der Waals surface area contributed by atoms with E-state index in [-0.39, 0.29) is 17.4 Å². The summed E-state index contributed by atoms with van der Waals surface area (Å²) < 4.78 is 18.4. The molecule has 0 unspecified atom stereocenters. The number of anilines is 1. The molecule has 24 heavy (non-hydrogen) atoms. The van der Waals surface area contributed by atoms with E-state index < -0.39 is 5.82 Å². The van der Waals surface area contributed by atoms with Gasteiger partial charge in [0.1, 0.15) is 5.82 Å². The molecule has 0 spiro atoms. The Morgan fingerprint density at radius 3 is 2.54 bits per heavy atom. The molecular weight excluding hydrogens is 309 g/mol. The lowest BCUT2D eigenvalue weighted by atomic mass is 10.1. The van der Waals surface area contributed by atoms with Crippen LogP contribution in [0.15, 0.2) is 53.1 Å². The summed E-state index contributed by atoms with van der Waals surface area (Å²) in [5.74, 6) is 0.444. The van der Waals surface area contributed by atoms with E-state index >= 15 is 0 Å². The zero-order chi connectivity index (χ0) is 17.1. The molecule has 1 amide bonds. The van der Waals surface area contributed by atoms with E-state index in [1.807, 2.05) is 13.8 Å². The van der Waals surface area contributed by atoms with E-state index in [0.717, 1.165) is 5.56 Å². The summed E-state index contributed by atoms with van der Waals surface area (Å²) in [7, 11) is 0. The highest BCUT2D eigenvalue weighted by atomic mass is 19.1. The van der Waals surface area contributed by atoms with Gasteiger partial charge >= 0.3 is 0 Å². The third-order valence-corrected chi connectivity index (χ3v) is 3.43. The first kappa shape index (κ1) is 15.9. The Kier molecular flexibility index (Phi) is 4.37. The first-order chi connectivity index (χ1) is 11.5. The van der Waals surface area contributed by atoms with Gasteiger partial charge in [-0.1, -0.05) is 25.1 Å². The second-order valence-electron chi connectivity index (χ2n) is 5.65. The summed E-state index contributed by atoms with van der Waals surface area (Å²) in [6, 6.07) is 12.5. The molecule has 3 rings (SSSR count). The molecule has 1 N–H and O–H groups in total. The van der Waals surface area contributed by atoms with Gasteiger partial charge in [0.15, 0.2) is 5.82 Å². The Morgan fingerprint density at radius 2 is 1.92 bits per heavy atom. The lowest BCUT2D eigenvalue weighted by molar-refractivity contribution is 0.102. The largest absolute Gasteiger partial charge is 0.334 e. The summed E-state index contributed by atoms with van der Waals surface area (Å²) in [5, 5.41) is 6.63. The number of amides is 1. The predicted octanol–water partition coefficient (Wildman–Crippen LogP) is 4.25. The third-order valence-electron chi connectivity index (χ3n) is 3.43. The van der Waals surface area contributed by atoms with Crippen molar-refractivity contribution in [3.05, 3.63) is 65.7 Å². The van der Waals surface area contributed by atoms with Crippen LogP contribution in [0.3, 0.4) is 0 Å². The summed E-state index contributed by atoms with van der Waals surface area (Å²) >= 11 is 0. The van der Waals surface area contributed by atoms with Crippen molar-refractivity contribution in [1.82, 2.24) is 10.1 Å². The van der Waals surface area contributed by atoms with Crippen LogP contribution in [-0.4, -0.2) is 16.0 Å². The van der Waals surface area contributed by atoms with Crippen LogP contribution in [0.5, 0.6) is 0 Å². The van der Waals surface area contributed by atoms with Crippen LogP contribution in [0.2, 0.25) is 0 Å². The SMILES string of the molecule is CC(C)c1noc(-c2ccc(NC(=O)c3cccc(F)c3)cc2)n1. The van der Waals surface area contributed by atoms with Crippen molar-refractivity contribution in [2.24, 2.45) is 0 Å². The Balaban J connectivity index is 1.73. The van der Waals surface area contributed by atoms with Crippen LogP contribution in [0, 0.1) is 5.82 Å².